The lowest BCUT2D eigenvalue weighted by Crippen LogP contribution is -2.36. The number of amides is 1. The third-order valence-corrected chi connectivity index (χ3v) is 3.27. The maximum Gasteiger partial charge on any atom is 0.254 e. The maximum atomic E-state index is 12.0. The first kappa shape index (κ1) is 12.3. The molecule has 17 heavy (non-hydrogen) atoms. The standard InChI is InChI=1S/C12H16ClN3O/c1-8-5-11(13)10(6-14-8)12(17)15-9-3-4-16(2)7-9/h5-6,9H,3-4,7H2,1-2H3,(H,15,17). The predicted octanol–water partition coefficient (Wildman–Crippen LogP) is 1.48. The lowest BCUT2D eigenvalue weighted by Gasteiger charge is -2.13. The first-order valence-electron chi connectivity index (χ1n) is 5.68. The van der Waals surface area contributed by atoms with Crippen molar-refractivity contribution in [1.82, 2.24) is 15.2 Å². The summed E-state index contributed by atoms with van der Waals surface area (Å²) in [4.78, 5) is 18.3. The quantitative estimate of drug-likeness (QED) is 0.868. The van der Waals surface area contributed by atoms with Gasteiger partial charge in [-0.15, -0.1) is 0 Å². The highest BCUT2D eigenvalue weighted by Crippen LogP contribution is 2.16. The van der Waals surface area contributed by atoms with E-state index < -0.39 is 0 Å². The van der Waals surface area contributed by atoms with Crippen LogP contribution in [-0.2, 0) is 0 Å². The first-order chi connectivity index (χ1) is 8.06. The van der Waals surface area contributed by atoms with E-state index in [1.807, 2.05) is 14.0 Å². The molecule has 1 aliphatic heterocycles. The Morgan fingerprint density at radius 1 is 1.65 bits per heavy atom. The van der Waals surface area contributed by atoms with E-state index in [-0.39, 0.29) is 11.9 Å². The van der Waals surface area contributed by atoms with Crippen LogP contribution < -0.4 is 5.32 Å². The summed E-state index contributed by atoms with van der Waals surface area (Å²) in [7, 11) is 2.05. The van der Waals surface area contributed by atoms with Gasteiger partial charge in [-0.3, -0.25) is 9.78 Å². The fourth-order valence-electron chi connectivity index (χ4n) is 2.01. The van der Waals surface area contributed by atoms with Crippen molar-refractivity contribution < 1.29 is 4.79 Å². The summed E-state index contributed by atoms with van der Waals surface area (Å²) >= 11 is 6.03. The van der Waals surface area contributed by atoms with Gasteiger partial charge in [0.1, 0.15) is 0 Å². The summed E-state index contributed by atoms with van der Waals surface area (Å²) in [5.41, 5.74) is 1.26. The third-order valence-electron chi connectivity index (χ3n) is 2.96. The Balaban J connectivity index is 2.04. The Labute approximate surface area is 106 Å². The van der Waals surface area contributed by atoms with Gasteiger partial charge in [0.25, 0.3) is 5.91 Å². The van der Waals surface area contributed by atoms with Crippen molar-refractivity contribution in [3.63, 3.8) is 0 Å². The number of hydrogen-bond acceptors (Lipinski definition) is 3. The van der Waals surface area contributed by atoms with Crippen LogP contribution in [0, 0.1) is 6.92 Å². The van der Waals surface area contributed by atoms with Crippen molar-refractivity contribution in [3.05, 3.63) is 28.5 Å². The molecule has 0 aliphatic carbocycles. The Hall–Kier alpha value is -1.13. The molecule has 2 heterocycles. The van der Waals surface area contributed by atoms with Crippen LogP contribution in [0.3, 0.4) is 0 Å². The molecule has 1 aromatic rings. The number of aromatic nitrogens is 1. The molecular formula is C12H16ClN3O. The van der Waals surface area contributed by atoms with Gasteiger partial charge in [-0.05, 0) is 33.0 Å². The third kappa shape index (κ3) is 2.96. The second kappa shape index (κ2) is 5.02. The number of likely N-dealkylation sites (tertiary alicyclic amines) is 1. The molecule has 0 bridgehead atoms. The zero-order chi connectivity index (χ0) is 12.4. The number of hydrogen-bond donors (Lipinski definition) is 1. The van der Waals surface area contributed by atoms with Crippen LogP contribution >= 0.6 is 11.6 Å². The molecule has 0 saturated carbocycles. The number of likely N-dealkylation sites (N-methyl/N-ethyl adjacent to an activating group) is 1. The molecule has 1 unspecified atom stereocenters. The van der Waals surface area contributed by atoms with Crippen LogP contribution in [0.15, 0.2) is 12.3 Å². The van der Waals surface area contributed by atoms with E-state index in [0.29, 0.717) is 10.6 Å². The number of aryl methyl sites for hydroxylation is 1. The second-order valence-corrected chi connectivity index (χ2v) is 4.93. The molecule has 1 amide bonds. The second-order valence-electron chi connectivity index (χ2n) is 4.53. The average molecular weight is 254 g/mol. The number of rotatable bonds is 2. The summed E-state index contributed by atoms with van der Waals surface area (Å²) in [6.45, 7) is 3.76. The summed E-state index contributed by atoms with van der Waals surface area (Å²) < 4.78 is 0. The number of pyridine rings is 1. The molecule has 0 spiro atoms. The molecule has 1 atom stereocenters. The van der Waals surface area contributed by atoms with Crippen molar-refractivity contribution in [2.24, 2.45) is 0 Å². The van der Waals surface area contributed by atoms with Crippen LogP contribution in [0.4, 0.5) is 0 Å². The molecule has 5 heteroatoms. The number of nitrogens with zero attached hydrogens (tertiary/aromatic N) is 2. The molecule has 2 rings (SSSR count). The molecule has 1 fully saturated rings. The van der Waals surface area contributed by atoms with Crippen LogP contribution in [-0.4, -0.2) is 42.0 Å². The topological polar surface area (TPSA) is 45.2 Å². The van der Waals surface area contributed by atoms with Crippen molar-refractivity contribution >= 4 is 17.5 Å². The van der Waals surface area contributed by atoms with E-state index in [0.717, 1.165) is 25.2 Å². The van der Waals surface area contributed by atoms with Gasteiger partial charge < -0.3 is 10.2 Å². The fourth-order valence-corrected chi connectivity index (χ4v) is 2.30. The van der Waals surface area contributed by atoms with E-state index in [9.17, 15) is 4.79 Å². The lowest BCUT2D eigenvalue weighted by molar-refractivity contribution is 0.0938. The normalized spacial score (nSPS) is 20.5. The summed E-state index contributed by atoms with van der Waals surface area (Å²) in [6, 6.07) is 1.92. The number of carbonyl (C=O) groups is 1. The number of carbonyl (C=O) groups excluding carboxylic acids is 1. The van der Waals surface area contributed by atoms with Crippen LogP contribution in [0.5, 0.6) is 0 Å². The molecule has 4 nitrogen and oxygen atoms in total. The molecule has 0 aromatic carbocycles. The molecule has 1 saturated heterocycles. The maximum absolute atomic E-state index is 12.0. The smallest absolute Gasteiger partial charge is 0.254 e. The Bertz CT molecular complexity index is 436. The molecule has 1 N–H and O–H groups in total. The summed E-state index contributed by atoms with van der Waals surface area (Å²) in [6.07, 6.45) is 2.52. The summed E-state index contributed by atoms with van der Waals surface area (Å²) in [5.74, 6) is -0.136. The monoisotopic (exact) mass is 253 g/mol. The van der Waals surface area contributed by atoms with E-state index in [2.05, 4.69) is 15.2 Å². The van der Waals surface area contributed by atoms with Crippen LogP contribution in [0.25, 0.3) is 0 Å². The van der Waals surface area contributed by atoms with E-state index in [4.69, 9.17) is 11.6 Å². The minimum atomic E-state index is -0.136. The van der Waals surface area contributed by atoms with E-state index in [1.54, 1.807) is 6.07 Å². The number of nitrogens with one attached hydrogen (secondary N) is 1. The Kier molecular flexibility index (Phi) is 3.64. The van der Waals surface area contributed by atoms with Gasteiger partial charge in [0.15, 0.2) is 0 Å². The summed E-state index contributed by atoms with van der Waals surface area (Å²) in [5, 5.41) is 3.44. The zero-order valence-electron chi connectivity index (χ0n) is 10.0. The molecule has 0 radical (unpaired) electrons. The average Bonchev–Trinajstić information content (AvgIpc) is 2.63. The SMILES string of the molecule is Cc1cc(Cl)c(C(=O)NC2CCN(C)C2)cn1. The largest absolute Gasteiger partial charge is 0.348 e. The first-order valence-corrected chi connectivity index (χ1v) is 6.05. The van der Waals surface area contributed by atoms with Gasteiger partial charge in [-0.2, -0.15) is 0 Å². The number of halogens is 1. The minimum Gasteiger partial charge on any atom is -0.348 e. The molecular weight excluding hydrogens is 238 g/mol. The lowest BCUT2D eigenvalue weighted by atomic mass is 10.2. The van der Waals surface area contributed by atoms with Crippen LogP contribution in [0.2, 0.25) is 5.02 Å². The highest BCUT2D eigenvalue weighted by atomic mass is 35.5. The van der Waals surface area contributed by atoms with Gasteiger partial charge in [0, 0.05) is 24.5 Å². The highest BCUT2D eigenvalue weighted by Gasteiger charge is 2.22. The van der Waals surface area contributed by atoms with Crippen molar-refractivity contribution in [3.8, 4) is 0 Å². The van der Waals surface area contributed by atoms with Gasteiger partial charge in [0.05, 0.1) is 10.6 Å². The van der Waals surface area contributed by atoms with Gasteiger partial charge in [-0.1, -0.05) is 11.6 Å². The highest BCUT2D eigenvalue weighted by molar-refractivity contribution is 6.33. The molecule has 1 aromatic heterocycles. The van der Waals surface area contributed by atoms with Gasteiger partial charge in [-0.25, -0.2) is 0 Å². The van der Waals surface area contributed by atoms with Crippen LogP contribution in [0.1, 0.15) is 22.5 Å². The Morgan fingerprint density at radius 2 is 2.41 bits per heavy atom. The van der Waals surface area contributed by atoms with Gasteiger partial charge in [0.2, 0.25) is 0 Å². The predicted molar refractivity (Wildman–Crippen MR) is 67.4 cm³/mol. The van der Waals surface area contributed by atoms with E-state index >= 15 is 0 Å². The van der Waals surface area contributed by atoms with Crippen molar-refractivity contribution in [2.45, 2.75) is 19.4 Å². The zero-order valence-corrected chi connectivity index (χ0v) is 10.8. The molecule has 1 aliphatic rings. The van der Waals surface area contributed by atoms with E-state index in [1.165, 1.54) is 6.20 Å². The Morgan fingerprint density at radius 3 is 3.00 bits per heavy atom. The minimum absolute atomic E-state index is 0.136. The van der Waals surface area contributed by atoms with Gasteiger partial charge >= 0.3 is 0 Å². The fraction of sp³-hybridized carbons (Fsp3) is 0.500. The molecule has 92 valence electrons. The van der Waals surface area contributed by atoms with Crippen molar-refractivity contribution in [1.29, 1.82) is 0 Å². The van der Waals surface area contributed by atoms with Crippen molar-refractivity contribution in [2.75, 3.05) is 20.1 Å².